The lowest BCUT2D eigenvalue weighted by atomic mass is 9.83. The molecule has 3 heterocycles. The third kappa shape index (κ3) is 6.51. The Labute approximate surface area is 218 Å². The van der Waals surface area contributed by atoms with Crippen molar-refractivity contribution in [2.45, 2.75) is 64.3 Å². The molecule has 1 aromatic carbocycles. The number of carboxylic acid groups (broad SMARTS) is 1. The average molecular weight is 514 g/mol. The number of nitrogens with zero attached hydrogens (tertiary/aromatic N) is 3. The minimum absolute atomic E-state index is 0.0222. The highest BCUT2D eigenvalue weighted by Crippen LogP contribution is 2.41. The molecule has 2 aromatic rings. The first-order chi connectivity index (χ1) is 17.9. The average Bonchev–Trinajstić information content (AvgIpc) is 3.60. The number of carbonyl (C=O) groups excluding carboxylic acids is 1. The van der Waals surface area contributed by atoms with Gasteiger partial charge in [-0.05, 0) is 43.4 Å². The molecule has 1 saturated heterocycles. The Balaban J connectivity index is 1.58. The molecule has 202 valence electrons. The molecular weight excluding hydrogens is 474 g/mol. The van der Waals surface area contributed by atoms with Crippen LogP contribution in [-0.4, -0.2) is 82.3 Å². The third-order valence-corrected chi connectivity index (χ3v) is 7.56. The van der Waals surface area contributed by atoms with Gasteiger partial charge in [0.05, 0.1) is 25.3 Å². The van der Waals surface area contributed by atoms with Gasteiger partial charge in [-0.2, -0.15) is 0 Å². The van der Waals surface area contributed by atoms with Crippen LogP contribution in [0.4, 0.5) is 0 Å². The van der Waals surface area contributed by atoms with Gasteiger partial charge in [0.15, 0.2) is 5.89 Å². The molecule has 0 spiro atoms. The van der Waals surface area contributed by atoms with Crippen LogP contribution in [0.15, 0.2) is 28.8 Å². The Bertz CT molecular complexity index is 1060. The monoisotopic (exact) mass is 513 g/mol. The molecule has 0 unspecified atom stereocenters. The van der Waals surface area contributed by atoms with E-state index >= 15 is 0 Å². The van der Waals surface area contributed by atoms with Crippen molar-refractivity contribution in [2.24, 2.45) is 5.92 Å². The number of carbonyl (C=O) groups is 2. The van der Waals surface area contributed by atoms with E-state index in [9.17, 15) is 19.8 Å². The van der Waals surface area contributed by atoms with E-state index in [0.29, 0.717) is 51.4 Å². The van der Waals surface area contributed by atoms with Crippen molar-refractivity contribution in [1.82, 2.24) is 14.8 Å². The highest BCUT2D eigenvalue weighted by Gasteiger charge is 2.47. The molecule has 2 N–H and O–H groups in total. The number of unbranched alkanes of at least 4 members (excludes halogenated alkanes) is 1. The first-order valence-electron chi connectivity index (χ1n) is 13.4. The summed E-state index contributed by atoms with van der Waals surface area (Å²) in [6, 6.07) is 5.65. The number of aliphatic hydroxyl groups excluding tert-OH is 1. The smallest absolute Gasteiger partial charge is 0.308 e. The van der Waals surface area contributed by atoms with Crippen LogP contribution in [0.3, 0.4) is 0 Å². The largest absolute Gasteiger partial charge is 0.493 e. The standard InChI is InChI=1S/C28H39N3O6/c1-3-4-11-30(12-5-13-32)26(33)18-31-17-22(20-6-8-24-21(15-20)10-14-36-24)27(28(34)35)23(31)7-9-25-29-16-19(2)37-25/h6,8,15-16,22-23,27,32H,3-5,7,9-14,17-18H2,1-2H3,(H,34,35)/t22-,23+,27-/m1/s1. The Morgan fingerprint density at radius 3 is 2.76 bits per heavy atom. The summed E-state index contributed by atoms with van der Waals surface area (Å²) in [6.45, 7) is 6.37. The van der Waals surface area contributed by atoms with Crippen molar-refractivity contribution in [3.63, 3.8) is 0 Å². The molecule has 0 bridgehead atoms. The number of aromatic nitrogens is 1. The lowest BCUT2D eigenvalue weighted by molar-refractivity contribution is -0.144. The summed E-state index contributed by atoms with van der Waals surface area (Å²) in [5.74, 6) is 0.390. The van der Waals surface area contributed by atoms with Crippen molar-refractivity contribution in [2.75, 3.05) is 39.4 Å². The van der Waals surface area contributed by atoms with Crippen molar-refractivity contribution in [3.05, 3.63) is 47.2 Å². The molecule has 0 aliphatic carbocycles. The zero-order valence-corrected chi connectivity index (χ0v) is 21.9. The summed E-state index contributed by atoms with van der Waals surface area (Å²) >= 11 is 0. The molecule has 3 atom stereocenters. The predicted molar refractivity (Wildman–Crippen MR) is 138 cm³/mol. The van der Waals surface area contributed by atoms with E-state index < -0.39 is 11.9 Å². The number of aliphatic hydroxyl groups is 1. The second-order valence-electron chi connectivity index (χ2n) is 10.1. The van der Waals surface area contributed by atoms with Gasteiger partial charge in [0, 0.05) is 51.0 Å². The zero-order chi connectivity index (χ0) is 26.4. The number of benzene rings is 1. The van der Waals surface area contributed by atoms with Crippen LogP contribution in [0.1, 0.15) is 61.3 Å². The maximum atomic E-state index is 13.4. The van der Waals surface area contributed by atoms with Gasteiger partial charge in [-0.1, -0.05) is 25.5 Å². The maximum Gasteiger partial charge on any atom is 0.308 e. The maximum absolute atomic E-state index is 13.4. The molecule has 1 amide bonds. The van der Waals surface area contributed by atoms with E-state index in [1.807, 2.05) is 28.9 Å². The molecule has 1 fully saturated rings. The van der Waals surface area contributed by atoms with Crippen molar-refractivity contribution < 1.29 is 29.0 Å². The number of aliphatic carboxylic acids is 1. The Hall–Kier alpha value is -2.91. The minimum atomic E-state index is -0.853. The normalized spacial score (nSPS) is 21.1. The summed E-state index contributed by atoms with van der Waals surface area (Å²) in [6.07, 6.45) is 5.90. The molecular formula is C28H39N3O6. The predicted octanol–water partition coefficient (Wildman–Crippen LogP) is 3.03. The number of aryl methyl sites for hydroxylation is 2. The number of hydrogen-bond donors (Lipinski definition) is 2. The van der Waals surface area contributed by atoms with Gasteiger partial charge in [0.1, 0.15) is 11.5 Å². The van der Waals surface area contributed by atoms with E-state index in [1.165, 1.54) is 0 Å². The van der Waals surface area contributed by atoms with E-state index in [0.717, 1.165) is 41.9 Å². The SMILES string of the molecule is CCCCN(CCCO)C(=O)CN1C[C@H](c2ccc3c(c2)CCO3)[C@@H](C(=O)O)[C@@H]1CCc1ncc(C)o1. The fraction of sp³-hybridized carbons (Fsp3) is 0.607. The molecule has 9 heteroatoms. The van der Waals surface area contributed by atoms with E-state index in [-0.39, 0.29) is 31.0 Å². The molecule has 4 rings (SSSR count). The molecule has 2 aliphatic rings. The van der Waals surface area contributed by atoms with Crippen molar-refractivity contribution in [1.29, 1.82) is 0 Å². The first kappa shape index (κ1) is 27.1. The first-order valence-corrected chi connectivity index (χ1v) is 13.4. The van der Waals surface area contributed by atoms with Crippen LogP contribution < -0.4 is 4.74 Å². The third-order valence-electron chi connectivity index (χ3n) is 7.56. The Morgan fingerprint density at radius 2 is 2.05 bits per heavy atom. The van der Waals surface area contributed by atoms with Crippen molar-refractivity contribution in [3.8, 4) is 5.75 Å². The fourth-order valence-electron chi connectivity index (χ4n) is 5.66. The van der Waals surface area contributed by atoms with Gasteiger partial charge < -0.3 is 24.3 Å². The van der Waals surface area contributed by atoms with Crippen LogP contribution in [0, 0.1) is 12.8 Å². The van der Waals surface area contributed by atoms with Crippen LogP contribution in [0.25, 0.3) is 0 Å². The highest BCUT2D eigenvalue weighted by atomic mass is 16.5. The number of oxazole rings is 1. The Morgan fingerprint density at radius 1 is 1.24 bits per heavy atom. The van der Waals surface area contributed by atoms with E-state index in [1.54, 1.807) is 6.20 Å². The minimum Gasteiger partial charge on any atom is -0.493 e. The summed E-state index contributed by atoms with van der Waals surface area (Å²) in [7, 11) is 0. The molecule has 1 aromatic heterocycles. The van der Waals surface area contributed by atoms with E-state index in [4.69, 9.17) is 9.15 Å². The van der Waals surface area contributed by atoms with Crippen molar-refractivity contribution >= 4 is 11.9 Å². The molecule has 9 nitrogen and oxygen atoms in total. The number of carboxylic acids is 1. The summed E-state index contributed by atoms with van der Waals surface area (Å²) in [5, 5.41) is 19.7. The zero-order valence-electron chi connectivity index (χ0n) is 21.9. The lowest BCUT2D eigenvalue weighted by Crippen LogP contribution is -2.45. The summed E-state index contributed by atoms with van der Waals surface area (Å²) in [5.41, 5.74) is 2.09. The second kappa shape index (κ2) is 12.6. The molecule has 37 heavy (non-hydrogen) atoms. The second-order valence-corrected chi connectivity index (χ2v) is 10.1. The number of amides is 1. The van der Waals surface area contributed by atoms with Gasteiger partial charge in [-0.25, -0.2) is 4.98 Å². The summed E-state index contributed by atoms with van der Waals surface area (Å²) in [4.78, 5) is 34.2. The van der Waals surface area contributed by atoms with Gasteiger partial charge in [-0.15, -0.1) is 0 Å². The summed E-state index contributed by atoms with van der Waals surface area (Å²) < 4.78 is 11.3. The van der Waals surface area contributed by atoms with Gasteiger partial charge in [0.2, 0.25) is 5.91 Å². The van der Waals surface area contributed by atoms with Crippen LogP contribution in [-0.2, 0) is 22.4 Å². The van der Waals surface area contributed by atoms with Crippen LogP contribution in [0.5, 0.6) is 5.75 Å². The molecule has 2 aliphatic heterocycles. The van der Waals surface area contributed by atoms with Crippen LogP contribution in [0.2, 0.25) is 0 Å². The fourth-order valence-corrected chi connectivity index (χ4v) is 5.66. The number of fused-ring (bicyclic) bond motifs is 1. The van der Waals surface area contributed by atoms with Gasteiger partial charge in [0.25, 0.3) is 0 Å². The van der Waals surface area contributed by atoms with E-state index in [2.05, 4.69) is 18.0 Å². The van der Waals surface area contributed by atoms with Gasteiger partial charge in [-0.3, -0.25) is 14.5 Å². The number of ether oxygens (including phenoxy) is 1. The number of rotatable bonds is 13. The Kier molecular flexibility index (Phi) is 9.21. The number of likely N-dealkylation sites (tertiary alicyclic amines) is 1. The molecule has 0 radical (unpaired) electrons. The topological polar surface area (TPSA) is 116 Å². The van der Waals surface area contributed by atoms with Gasteiger partial charge >= 0.3 is 5.97 Å². The number of hydrogen-bond acceptors (Lipinski definition) is 7. The highest BCUT2D eigenvalue weighted by molar-refractivity contribution is 5.79. The van der Waals surface area contributed by atoms with Crippen LogP contribution >= 0.6 is 0 Å². The lowest BCUT2D eigenvalue weighted by Gasteiger charge is -2.29. The molecule has 0 saturated carbocycles. The quantitative estimate of drug-likeness (QED) is 0.420.